The van der Waals surface area contributed by atoms with Crippen molar-refractivity contribution in [2.75, 3.05) is 16.8 Å². The summed E-state index contributed by atoms with van der Waals surface area (Å²) in [6.07, 6.45) is 2.27. The van der Waals surface area contributed by atoms with E-state index in [0.29, 0.717) is 47.2 Å². The van der Waals surface area contributed by atoms with Gasteiger partial charge in [-0.05, 0) is 58.7 Å². The van der Waals surface area contributed by atoms with Crippen LogP contribution < -0.4 is 27.8 Å². The minimum Gasteiger partial charge on any atom is -0.777 e. The molecular formula is C35H61ClN12O10P2Si. The number of anilines is 3. The molecule has 4 aromatic heterocycles. The highest BCUT2D eigenvalue weighted by atomic mass is 35.5. The van der Waals surface area contributed by atoms with Crippen LogP contribution in [0.4, 0.5) is 17.7 Å². The zero-order valence-electron chi connectivity index (χ0n) is 36.3. The number of fused-ring (bicyclic) bond motifs is 2. The molecule has 6 heterocycles. The number of hydrogen-bond donors (Lipinski definition) is 6. The summed E-state index contributed by atoms with van der Waals surface area (Å²) < 4.78 is 58.7. The summed E-state index contributed by atoms with van der Waals surface area (Å²) in [5, 5.41) is 13.4. The van der Waals surface area contributed by atoms with Crippen LogP contribution in [0.15, 0.2) is 12.7 Å². The van der Waals surface area contributed by atoms with E-state index in [1.165, 1.54) is 6.33 Å². The van der Waals surface area contributed by atoms with Crippen LogP contribution in [-0.2, 0) is 45.2 Å². The highest BCUT2D eigenvalue weighted by molar-refractivity contribution is 7.54. The maximum Gasteiger partial charge on any atom is 0.359 e. The van der Waals surface area contributed by atoms with E-state index < -0.39 is 53.5 Å². The van der Waals surface area contributed by atoms with Crippen molar-refractivity contribution in [3.8, 4) is 0 Å². The smallest absolute Gasteiger partial charge is 0.359 e. The topological polar surface area (TPSA) is 332 Å². The molecule has 0 amide bonds. The van der Waals surface area contributed by atoms with Crippen LogP contribution in [-0.4, -0.2) is 112 Å². The number of nitrogens with zero attached hydrogens (tertiary/aromatic N) is 8. The Hall–Kier alpha value is -2.89. The van der Waals surface area contributed by atoms with Crippen molar-refractivity contribution >= 4 is 75.2 Å². The number of ether oxygens (including phenoxy) is 2. The third-order valence-corrected chi connectivity index (χ3v) is 19.0. The fourth-order valence-electron chi connectivity index (χ4n) is 6.63. The molecule has 1 aliphatic carbocycles. The first-order valence-electron chi connectivity index (χ1n) is 19.9. The van der Waals surface area contributed by atoms with Gasteiger partial charge in [-0.1, -0.05) is 32.4 Å². The molecule has 26 heteroatoms. The summed E-state index contributed by atoms with van der Waals surface area (Å²) in [5.41, 5.74) is 13.6. The molecule has 4 aromatic rings. The summed E-state index contributed by atoms with van der Waals surface area (Å²) in [5.74, 6) is -1.47. The normalized spacial score (nSPS) is 24.6. The van der Waals surface area contributed by atoms with E-state index >= 15 is 0 Å². The molecule has 22 nitrogen and oxygen atoms in total. The average molecular weight is 935 g/mol. The molecule has 0 radical (unpaired) electrons. The predicted molar refractivity (Wildman–Crippen MR) is 232 cm³/mol. The zero-order valence-corrected chi connectivity index (χ0v) is 39.8. The van der Waals surface area contributed by atoms with E-state index in [-0.39, 0.29) is 59.5 Å². The van der Waals surface area contributed by atoms with Crippen molar-refractivity contribution in [1.29, 1.82) is 0 Å². The Morgan fingerprint density at radius 2 is 1.44 bits per heavy atom. The molecule has 1 unspecified atom stereocenters. The zero-order chi connectivity index (χ0) is 44.1. The number of quaternary nitrogens is 1. The molecule has 11 N–H and O–H groups in total. The molecule has 0 aromatic carbocycles. The van der Waals surface area contributed by atoms with Gasteiger partial charge < -0.3 is 74.5 Å². The molecule has 0 spiro atoms. The number of aromatic nitrogens is 8. The van der Waals surface area contributed by atoms with E-state index in [1.807, 2.05) is 32.3 Å². The second kappa shape index (κ2) is 18.7. The fourth-order valence-corrected chi connectivity index (χ4v) is 11.3. The Bertz CT molecular complexity index is 2240. The Balaban J connectivity index is 0.000000238. The molecular weight excluding hydrogens is 874 g/mol. The van der Waals surface area contributed by atoms with E-state index in [4.69, 9.17) is 50.9 Å². The average Bonchev–Trinajstić information content (AvgIpc) is 3.36. The summed E-state index contributed by atoms with van der Waals surface area (Å²) in [6.45, 7) is 18.7. The van der Waals surface area contributed by atoms with Crippen LogP contribution in [0.2, 0.25) is 23.3 Å². The Morgan fingerprint density at radius 1 is 0.918 bits per heavy atom. The van der Waals surface area contributed by atoms with Crippen LogP contribution in [0.3, 0.4) is 0 Å². The van der Waals surface area contributed by atoms with E-state index in [1.54, 1.807) is 10.9 Å². The highest BCUT2D eigenvalue weighted by Crippen LogP contribution is 2.60. The van der Waals surface area contributed by atoms with Gasteiger partial charge in [0.05, 0.1) is 50.2 Å². The van der Waals surface area contributed by atoms with Gasteiger partial charge in [0.15, 0.2) is 49.5 Å². The molecule has 2 aliphatic heterocycles. The van der Waals surface area contributed by atoms with Crippen molar-refractivity contribution in [3.63, 3.8) is 0 Å². The van der Waals surface area contributed by atoms with Crippen molar-refractivity contribution < 1.29 is 47.0 Å². The minimum absolute atomic E-state index is 0. The first-order chi connectivity index (χ1) is 27.8. The number of aliphatic hydroxyl groups is 1. The second-order valence-corrected chi connectivity index (χ2v) is 26.4. The number of halogens is 1. The summed E-state index contributed by atoms with van der Waals surface area (Å²) in [7, 11) is -10.4. The van der Waals surface area contributed by atoms with Gasteiger partial charge >= 0.3 is 7.60 Å². The van der Waals surface area contributed by atoms with Crippen LogP contribution in [0.25, 0.3) is 22.3 Å². The lowest BCUT2D eigenvalue weighted by atomic mass is 10.2. The fraction of sp³-hybridized carbons (Fsp3) is 0.714. The predicted octanol–water partition coefficient (Wildman–Crippen LogP) is 4.99. The summed E-state index contributed by atoms with van der Waals surface area (Å²) in [4.78, 5) is 45.6. The summed E-state index contributed by atoms with van der Waals surface area (Å²) in [6, 6.07) is 0.360. The number of nitrogens with two attached hydrogens (primary N) is 2. The van der Waals surface area contributed by atoms with E-state index in [9.17, 15) is 19.1 Å². The van der Waals surface area contributed by atoms with Gasteiger partial charge in [0.2, 0.25) is 11.9 Å². The lowest BCUT2D eigenvalue weighted by Crippen LogP contribution is -2.46. The number of aliphatic hydroxyl groups excluding tert-OH is 1. The van der Waals surface area contributed by atoms with Crippen molar-refractivity contribution in [2.45, 2.75) is 160 Å². The quantitative estimate of drug-likeness (QED) is 0.0551. The number of nitrogen functional groups attached to an aromatic ring is 2. The first kappa shape index (κ1) is 49.1. The standard InChI is InChI=1S/C22H39ClN5O5PSi.C13H19N6O5P.H3N/c1-13(2)31-34(29,32-14(3)4)17-10-15(33-35(8,9)22(5,6)7)16(30-17)11-28-12-25-18-19(23)26-21(24)27-20(18)28;14-13-17-11(16-6-1-2-6)10-12(18-13)19(5-15-10)4-8-7(20)3-9(24-8)25(21,22)23;/h12-17H,10-11H2,1-9H3,(H2,24,26,27);5-9,20H,1-4H2,(H2,21,22,23)(H3,14,16,17,18);1H3/t15-,16+,17-;7-,8+,9-;/m00./s1. The lowest BCUT2D eigenvalue weighted by Gasteiger charge is -2.39. The SMILES string of the molecule is CC(C)OP(=O)(OC(C)C)[C@H]1C[C@H](O[Si](C)(C)C(C)(C)C)[C@@H](Cn2cnc3c(Cl)nc(N)nc32)O1.Nc1nc(NC2CC2)c2ncn(C[C@H]3O[C@@H](P(=O)([O-])O)C[C@@H]3O)c2n1.[NH4+]. The number of rotatable bonds is 14. The molecule has 61 heavy (non-hydrogen) atoms. The molecule has 7 rings (SSSR count). The molecule has 0 bridgehead atoms. The third kappa shape index (κ3) is 11.6. The highest BCUT2D eigenvalue weighted by Gasteiger charge is 2.51. The second-order valence-electron chi connectivity index (χ2n) is 17.5. The van der Waals surface area contributed by atoms with Crippen molar-refractivity contribution in [2.24, 2.45) is 0 Å². The maximum absolute atomic E-state index is 13.9. The van der Waals surface area contributed by atoms with Gasteiger partial charge in [0.25, 0.3) is 0 Å². The van der Waals surface area contributed by atoms with Crippen LogP contribution in [0.1, 0.15) is 74.1 Å². The molecule has 2 saturated heterocycles. The summed E-state index contributed by atoms with van der Waals surface area (Å²) >= 11 is 6.21. The largest absolute Gasteiger partial charge is 0.777 e. The molecule has 1 saturated carbocycles. The van der Waals surface area contributed by atoms with Gasteiger partial charge in [0.1, 0.15) is 23.6 Å². The Labute approximate surface area is 360 Å². The number of nitrogens with one attached hydrogen (secondary N) is 1. The first-order valence-corrected chi connectivity index (χ1v) is 26.4. The van der Waals surface area contributed by atoms with Gasteiger partial charge in [-0.25, -0.2) is 9.97 Å². The van der Waals surface area contributed by atoms with Crippen molar-refractivity contribution in [3.05, 3.63) is 17.8 Å². The molecule has 3 aliphatic rings. The van der Waals surface area contributed by atoms with Crippen LogP contribution in [0, 0.1) is 0 Å². The lowest BCUT2D eigenvalue weighted by molar-refractivity contribution is -0.204. The van der Waals surface area contributed by atoms with Crippen molar-refractivity contribution in [1.82, 2.24) is 45.2 Å². The van der Waals surface area contributed by atoms with Gasteiger partial charge in [-0.2, -0.15) is 19.9 Å². The third-order valence-electron chi connectivity index (χ3n) is 10.7. The molecule has 3 fully saturated rings. The van der Waals surface area contributed by atoms with Gasteiger partial charge in [-0.15, -0.1) is 0 Å². The maximum atomic E-state index is 13.9. The Kier molecular flexibility index (Phi) is 15.0. The number of imidazole rings is 2. The van der Waals surface area contributed by atoms with E-state index in [2.05, 4.69) is 69.1 Å². The monoisotopic (exact) mass is 934 g/mol. The molecule has 7 atom stereocenters. The van der Waals surface area contributed by atoms with Gasteiger partial charge in [-0.3, -0.25) is 4.57 Å². The number of hydrogen-bond acceptors (Lipinski definition) is 18. The molecule has 342 valence electrons. The Morgan fingerprint density at radius 3 is 1.97 bits per heavy atom. The van der Waals surface area contributed by atoms with E-state index in [0.717, 1.165) is 12.8 Å². The van der Waals surface area contributed by atoms with Gasteiger partial charge in [0, 0.05) is 18.9 Å². The minimum atomic E-state index is -4.66. The van der Waals surface area contributed by atoms with Crippen LogP contribution >= 0.6 is 26.8 Å². The van der Waals surface area contributed by atoms with Crippen LogP contribution in [0.5, 0.6) is 0 Å².